The average Bonchev–Trinajstić information content (AvgIpc) is 3.59. The molecule has 1 aliphatic heterocycles. The summed E-state index contributed by atoms with van der Waals surface area (Å²) in [7, 11) is 1.64. The van der Waals surface area contributed by atoms with Gasteiger partial charge in [-0.2, -0.15) is 0 Å². The molecule has 7 nitrogen and oxygen atoms in total. The third-order valence-corrected chi connectivity index (χ3v) is 6.83. The van der Waals surface area contributed by atoms with Gasteiger partial charge in [-0.15, -0.1) is 0 Å². The van der Waals surface area contributed by atoms with E-state index in [4.69, 9.17) is 21.7 Å². The van der Waals surface area contributed by atoms with E-state index in [1.165, 1.54) is 0 Å². The second kappa shape index (κ2) is 10.4. The highest BCUT2D eigenvalue weighted by Crippen LogP contribution is 2.42. The van der Waals surface area contributed by atoms with E-state index < -0.39 is 0 Å². The lowest BCUT2D eigenvalue weighted by atomic mass is 10.0. The standard InChI is InChI=1S/C30H25N5O2S/c1-36-23-13-15-25(16-14-23)37-24-11-9-21(10-12-24)35-29(28(33-30(35)38)26-7-2-3-18-32-26)27-8-5-19-34(27)22-6-4-17-31-20-22/h2-20,28-29H,1H3,(H,33,38)/t28-,29+/m1/s1. The lowest BCUT2D eigenvalue weighted by Gasteiger charge is -2.29. The van der Waals surface area contributed by atoms with E-state index in [2.05, 4.69) is 30.8 Å². The largest absolute Gasteiger partial charge is 0.497 e. The predicted molar refractivity (Wildman–Crippen MR) is 151 cm³/mol. The van der Waals surface area contributed by atoms with E-state index in [1.807, 2.05) is 104 Å². The minimum Gasteiger partial charge on any atom is -0.497 e. The molecular weight excluding hydrogens is 494 g/mol. The van der Waals surface area contributed by atoms with Crippen LogP contribution in [0.2, 0.25) is 0 Å². The van der Waals surface area contributed by atoms with Crippen LogP contribution >= 0.6 is 12.2 Å². The van der Waals surface area contributed by atoms with Crippen LogP contribution in [0.25, 0.3) is 5.69 Å². The Balaban J connectivity index is 1.36. The van der Waals surface area contributed by atoms with Crippen molar-refractivity contribution in [3.8, 4) is 22.9 Å². The molecule has 0 saturated carbocycles. The summed E-state index contributed by atoms with van der Waals surface area (Å²) in [5.41, 5.74) is 3.92. The predicted octanol–water partition coefficient (Wildman–Crippen LogP) is 6.25. The molecule has 0 bridgehead atoms. The minimum absolute atomic E-state index is 0.149. The quantitative estimate of drug-likeness (QED) is 0.255. The lowest BCUT2D eigenvalue weighted by Crippen LogP contribution is -2.30. The number of benzene rings is 2. The van der Waals surface area contributed by atoms with Gasteiger partial charge < -0.3 is 24.3 Å². The summed E-state index contributed by atoms with van der Waals surface area (Å²) in [4.78, 5) is 11.1. The van der Waals surface area contributed by atoms with E-state index in [-0.39, 0.29) is 12.1 Å². The van der Waals surface area contributed by atoms with Gasteiger partial charge in [-0.1, -0.05) is 6.07 Å². The molecular formula is C30H25N5O2S. The number of pyridine rings is 2. The van der Waals surface area contributed by atoms with Crippen molar-refractivity contribution >= 4 is 23.0 Å². The Kier molecular flexibility index (Phi) is 6.46. The SMILES string of the molecule is COc1ccc(Oc2ccc(N3C(=S)N[C@H](c4ccccn4)[C@@H]3c3cccn3-c3cccnc3)cc2)cc1. The maximum absolute atomic E-state index is 6.05. The van der Waals surface area contributed by atoms with Crippen LogP contribution < -0.4 is 19.7 Å². The number of aromatic nitrogens is 3. The van der Waals surface area contributed by atoms with Crippen molar-refractivity contribution in [3.05, 3.63) is 127 Å². The fourth-order valence-corrected chi connectivity index (χ4v) is 5.10. The van der Waals surface area contributed by atoms with Gasteiger partial charge in [0.15, 0.2) is 5.11 Å². The zero-order chi connectivity index (χ0) is 25.9. The highest BCUT2D eigenvalue weighted by molar-refractivity contribution is 7.80. The maximum Gasteiger partial charge on any atom is 0.174 e. The second-order valence-electron chi connectivity index (χ2n) is 8.78. The fourth-order valence-electron chi connectivity index (χ4n) is 4.75. The molecule has 0 radical (unpaired) electrons. The van der Waals surface area contributed by atoms with Crippen molar-refractivity contribution < 1.29 is 9.47 Å². The zero-order valence-corrected chi connectivity index (χ0v) is 21.5. The van der Waals surface area contributed by atoms with Gasteiger partial charge in [0.05, 0.1) is 30.7 Å². The molecule has 0 spiro atoms. The summed E-state index contributed by atoms with van der Waals surface area (Å²) in [6.07, 6.45) is 7.49. The summed E-state index contributed by atoms with van der Waals surface area (Å²) in [6.45, 7) is 0. The molecule has 1 N–H and O–H groups in total. The molecule has 0 amide bonds. The van der Waals surface area contributed by atoms with E-state index in [0.29, 0.717) is 5.11 Å². The number of nitrogens with zero attached hydrogens (tertiary/aromatic N) is 4. The summed E-state index contributed by atoms with van der Waals surface area (Å²) in [5, 5.41) is 4.16. The van der Waals surface area contributed by atoms with Crippen molar-refractivity contribution in [3.63, 3.8) is 0 Å². The van der Waals surface area contributed by atoms with Gasteiger partial charge in [-0.25, -0.2) is 0 Å². The zero-order valence-electron chi connectivity index (χ0n) is 20.6. The Morgan fingerprint density at radius 2 is 1.55 bits per heavy atom. The van der Waals surface area contributed by atoms with Crippen LogP contribution in [0.4, 0.5) is 5.69 Å². The van der Waals surface area contributed by atoms with Gasteiger partial charge in [-0.3, -0.25) is 9.97 Å². The van der Waals surface area contributed by atoms with E-state index >= 15 is 0 Å². The maximum atomic E-state index is 6.05. The van der Waals surface area contributed by atoms with Crippen molar-refractivity contribution in [2.45, 2.75) is 12.1 Å². The molecule has 1 aliphatic rings. The Bertz CT molecular complexity index is 1520. The first-order chi connectivity index (χ1) is 18.7. The molecule has 4 heterocycles. The molecule has 2 atom stereocenters. The number of methoxy groups -OCH3 is 1. The molecule has 8 heteroatoms. The van der Waals surface area contributed by atoms with Gasteiger partial charge in [0, 0.05) is 30.0 Å². The molecule has 0 unspecified atom stereocenters. The number of hydrogen-bond acceptors (Lipinski definition) is 5. The molecule has 5 aromatic rings. The first-order valence-corrected chi connectivity index (χ1v) is 12.6. The summed E-state index contributed by atoms with van der Waals surface area (Å²) in [6, 6.07) is 29.3. The van der Waals surface area contributed by atoms with Gasteiger partial charge in [0.1, 0.15) is 23.3 Å². The van der Waals surface area contributed by atoms with Crippen LogP contribution in [0.5, 0.6) is 17.2 Å². The summed E-state index contributed by atoms with van der Waals surface area (Å²) in [5.74, 6) is 2.25. The molecule has 38 heavy (non-hydrogen) atoms. The Morgan fingerprint density at radius 1 is 0.789 bits per heavy atom. The number of rotatable bonds is 7. The number of hydrogen-bond donors (Lipinski definition) is 1. The van der Waals surface area contributed by atoms with Gasteiger partial charge in [-0.05, 0) is 97.1 Å². The summed E-state index contributed by atoms with van der Waals surface area (Å²) >= 11 is 5.89. The molecule has 2 aromatic carbocycles. The lowest BCUT2D eigenvalue weighted by molar-refractivity contribution is 0.413. The molecule has 0 aliphatic carbocycles. The topological polar surface area (TPSA) is 64.4 Å². The smallest absolute Gasteiger partial charge is 0.174 e. The van der Waals surface area contributed by atoms with Crippen LogP contribution in [-0.2, 0) is 0 Å². The summed E-state index contributed by atoms with van der Waals surface area (Å²) < 4.78 is 13.4. The van der Waals surface area contributed by atoms with Crippen molar-refractivity contribution in [1.29, 1.82) is 0 Å². The van der Waals surface area contributed by atoms with Gasteiger partial charge in [0.2, 0.25) is 0 Å². The molecule has 188 valence electrons. The first kappa shape index (κ1) is 23.7. The minimum atomic E-state index is -0.152. The van der Waals surface area contributed by atoms with Crippen molar-refractivity contribution in [2.24, 2.45) is 0 Å². The van der Waals surface area contributed by atoms with Crippen molar-refractivity contribution in [2.75, 3.05) is 12.0 Å². The third kappa shape index (κ3) is 4.57. The number of nitrogens with one attached hydrogen (secondary N) is 1. The normalized spacial score (nSPS) is 16.8. The van der Waals surface area contributed by atoms with Crippen LogP contribution in [0.15, 0.2) is 116 Å². The molecule has 3 aromatic heterocycles. The van der Waals surface area contributed by atoms with Crippen LogP contribution in [0, 0.1) is 0 Å². The Hall–Kier alpha value is -4.69. The van der Waals surface area contributed by atoms with E-state index in [1.54, 1.807) is 13.3 Å². The van der Waals surface area contributed by atoms with Gasteiger partial charge in [0.25, 0.3) is 0 Å². The van der Waals surface area contributed by atoms with Gasteiger partial charge >= 0.3 is 0 Å². The third-order valence-electron chi connectivity index (χ3n) is 6.52. The van der Waals surface area contributed by atoms with Crippen LogP contribution in [-0.4, -0.2) is 26.8 Å². The molecule has 1 saturated heterocycles. The monoisotopic (exact) mass is 519 g/mol. The molecule has 6 rings (SSSR count). The Labute approximate surface area is 226 Å². The molecule has 1 fully saturated rings. The van der Waals surface area contributed by atoms with Crippen LogP contribution in [0.3, 0.4) is 0 Å². The number of thiocarbonyl (C=S) groups is 1. The highest BCUT2D eigenvalue weighted by atomic mass is 32.1. The van der Waals surface area contributed by atoms with Crippen molar-refractivity contribution in [1.82, 2.24) is 19.9 Å². The average molecular weight is 520 g/mol. The second-order valence-corrected chi connectivity index (χ2v) is 9.17. The van der Waals surface area contributed by atoms with Crippen LogP contribution in [0.1, 0.15) is 23.5 Å². The van der Waals surface area contributed by atoms with E-state index in [9.17, 15) is 0 Å². The number of anilines is 1. The first-order valence-electron chi connectivity index (χ1n) is 12.2. The van der Waals surface area contributed by atoms with E-state index in [0.717, 1.165) is 40.0 Å². The number of ether oxygens (including phenoxy) is 2. The Morgan fingerprint density at radius 3 is 2.24 bits per heavy atom. The highest BCUT2D eigenvalue weighted by Gasteiger charge is 2.42. The fraction of sp³-hybridized carbons (Fsp3) is 0.100.